The van der Waals surface area contributed by atoms with Crippen LogP contribution in [0.5, 0.6) is 11.5 Å². The van der Waals surface area contributed by atoms with Crippen LogP contribution in [-0.2, 0) is 4.79 Å². The number of carbonyl (C=O) groups excluding carboxylic acids is 2. The molecule has 9 heteroatoms. The average Bonchev–Trinajstić information content (AvgIpc) is 3.19. The van der Waals surface area contributed by atoms with Crippen LogP contribution in [0.2, 0.25) is 0 Å². The lowest BCUT2D eigenvalue weighted by Gasteiger charge is -2.09. The maximum absolute atomic E-state index is 12.2. The molecule has 0 radical (unpaired) electrons. The van der Waals surface area contributed by atoms with Gasteiger partial charge in [0.2, 0.25) is 0 Å². The molecule has 2 aromatic carbocycles. The Morgan fingerprint density at radius 2 is 1.86 bits per heavy atom. The third kappa shape index (κ3) is 4.52. The first kappa shape index (κ1) is 19.9. The van der Waals surface area contributed by atoms with Gasteiger partial charge < -0.3 is 19.3 Å². The Bertz CT molecular complexity index is 1070. The van der Waals surface area contributed by atoms with Crippen LogP contribution in [0.4, 0.5) is 0 Å². The van der Waals surface area contributed by atoms with Crippen LogP contribution in [-0.4, -0.2) is 43.4 Å². The summed E-state index contributed by atoms with van der Waals surface area (Å²) in [6.45, 7) is 1.45. The normalized spacial score (nSPS) is 11.2. The van der Waals surface area contributed by atoms with Crippen LogP contribution in [0.3, 0.4) is 0 Å². The van der Waals surface area contributed by atoms with Crippen molar-refractivity contribution in [2.75, 3.05) is 20.8 Å². The molecule has 0 fully saturated rings. The Labute approximate surface area is 166 Å². The number of carbonyl (C=O) groups is 2. The molecule has 3 rings (SSSR count). The van der Waals surface area contributed by atoms with Gasteiger partial charge in [-0.3, -0.25) is 9.59 Å². The topological polar surface area (TPSA) is 115 Å². The fourth-order valence-electron chi connectivity index (χ4n) is 2.63. The summed E-state index contributed by atoms with van der Waals surface area (Å²) in [4.78, 5) is 24.3. The van der Waals surface area contributed by atoms with Gasteiger partial charge in [0.15, 0.2) is 17.1 Å². The predicted molar refractivity (Wildman–Crippen MR) is 106 cm³/mol. The highest BCUT2D eigenvalue weighted by Gasteiger charge is 2.13. The van der Waals surface area contributed by atoms with Crippen molar-refractivity contribution >= 4 is 28.5 Å². The molecule has 0 aliphatic rings. The zero-order chi connectivity index (χ0) is 20.8. The molecule has 0 atom stereocenters. The number of benzene rings is 2. The number of nitrogens with one attached hydrogen (secondary N) is 2. The monoisotopic (exact) mass is 396 g/mol. The van der Waals surface area contributed by atoms with Gasteiger partial charge in [0.25, 0.3) is 11.8 Å². The predicted octanol–water partition coefficient (Wildman–Crippen LogP) is 2.12. The van der Waals surface area contributed by atoms with E-state index >= 15 is 0 Å². The first-order chi connectivity index (χ1) is 14.0. The van der Waals surface area contributed by atoms with E-state index < -0.39 is 11.8 Å². The molecule has 3 aromatic rings. The minimum absolute atomic E-state index is 0.247. The number of hydrazone groups is 1. The molecule has 1 aromatic heterocycles. The number of para-hydroxylation sites is 1. The highest BCUT2D eigenvalue weighted by Crippen LogP contribution is 2.27. The third-order valence-electron chi connectivity index (χ3n) is 4.12. The highest BCUT2D eigenvalue weighted by atomic mass is 16.5. The van der Waals surface area contributed by atoms with Gasteiger partial charge in [-0.15, -0.1) is 0 Å². The zero-order valence-electron chi connectivity index (χ0n) is 16.2. The van der Waals surface area contributed by atoms with Gasteiger partial charge in [0.05, 0.1) is 31.9 Å². The van der Waals surface area contributed by atoms with Crippen LogP contribution in [0, 0.1) is 0 Å². The Kier molecular flexibility index (Phi) is 6.08. The smallest absolute Gasteiger partial charge is 0.259 e. The first-order valence-electron chi connectivity index (χ1n) is 8.71. The summed E-state index contributed by atoms with van der Waals surface area (Å²) in [5.74, 6) is 0.0203. The second kappa shape index (κ2) is 8.87. The number of nitrogens with zero attached hydrogens (tertiary/aromatic N) is 2. The van der Waals surface area contributed by atoms with Crippen molar-refractivity contribution < 1.29 is 23.6 Å². The Hall–Kier alpha value is -3.88. The van der Waals surface area contributed by atoms with E-state index in [-0.39, 0.29) is 6.54 Å². The number of amides is 2. The SMILES string of the molecule is COc1ccc(C(=O)NCC(=O)NN=C(C)c2noc3ccccc23)cc1OC. The zero-order valence-corrected chi connectivity index (χ0v) is 16.2. The molecule has 0 spiro atoms. The molecular weight excluding hydrogens is 376 g/mol. The van der Waals surface area contributed by atoms with Gasteiger partial charge in [-0.25, -0.2) is 5.43 Å². The second-order valence-corrected chi connectivity index (χ2v) is 6.01. The number of rotatable bonds is 7. The fraction of sp³-hybridized carbons (Fsp3) is 0.200. The molecule has 0 saturated carbocycles. The molecule has 9 nitrogen and oxygen atoms in total. The molecule has 0 saturated heterocycles. The summed E-state index contributed by atoms with van der Waals surface area (Å²) in [5.41, 5.74) is 4.38. The van der Waals surface area contributed by atoms with Crippen molar-refractivity contribution in [1.82, 2.24) is 15.9 Å². The molecule has 0 aliphatic heterocycles. The van der Waals surface area contributed by atoms with E-state index in [1.807, 2.05) is 18.2 Å². The second-order valence-electron chi connectivity index (χ2n) is 6.01. The molecule has 0 aliphatic carbocycles. The molecule has 29 heavy (non-hydrogen) atoms. The Morgan fingerprint density at radius 3 is 2.62 bits per heavy atom. The number of aromatic nitrogens is 1. The summed E-state index contributed by atoms with van der Waals surface area (Å²) in [5, 5.41) is 11.3. The van der Waals surface area contributed by atoms with Gasteiger partial charge >= 0.3 is 0 Å². The van der Waals surface area contributed by atoms with Crippen molar-refractivity contribution in [2.24, 2.45) is 5.10 Å². The quantitative estimate of drug-likeness (QED) is 0.467. The molecular formula is C20H20N4O5. The minimum Gasteiger partial charge on any atom is -0.493 e. The summed E-state index contributed by atoms with van der Waals surface area (Å²) < 4.78 is 15.5. The maximum Gasteiger partial charge on any atom is 0.259 e. The van der Waals surface area contributed by atoms with Crippen molar-refractivity contribution in [3.8, 4) is 11.5 Å². The van der Waals surface area contributed by atoms with E-state index in [0.29, 0.717) is 34.1 Å². The fourth-order valence-corrected chi connectivity index (χ4v) is 2.63. The van der Waals surface area contributed by atoms with Crippen LogP contribution >= 0.6 is 0 Å². The largest absolute Gasteiger partial charge is 0.493 e. The highest BCUT2D eigenvalue weighted by molar-refractivity contribution is 6.07. The Morgan fingerprint density at radius 1 is 1.10 bits per heavy atom. The standard InChI is InChI=1S/C20H20N4O5/c1-12(19-14-6-4-5-7-15(14)29-24-19)22-23-18(25)11-21-20(26)13-8-9-16(27-2)17(10-13)28-3/h4-10H,11H2,1-3H3,(H,21,26)(H,23,25). The van der Waals surface area contributed by atoms with Gasteiger partial charge in [-0.1, -0.05) is 17.3 Å². The van der Waals surface area contributed by atoms with E-state index in [9.17, 15) is 9.59 Å². The summed E-state index contributed by atoms with van der Waals surface area (Å²) in [6.07, 6.45) is 0. The number of hydrogen-bond donors (Lipinski definition) is 2. The van der Waals surface area contributed by atoms with E-state index in [1.54, 1.807) is 25.1 Å². The lowest BCUT2D eigenvalue weighted by Crippen LogP contribution is -2.35. The van der Waals surface area contributed by atoms with Crippen molar-refractivity contribution in [3.63, 3.8) is 0 Å². The number of fused-ring (bicyclic) bond motifs is 1. The molecule has 150 valence electrons. The third-order valence-corrected chi connectivity index (χ3v) is 4.12. The average molecular weight is 396 g/mol. The van der Waals surface area contributed by atoms with Gasteiger partial charge in [-0.2, -0.15) is 5.10 Å². The van der Waals surface area contributed by atoms with E-state index in [1.165, 1.54) is 20.3 Å². The Balaban J connectivity index is 1.58. The molecule has 1 heterocycles. The van der Waals surface area contributed by atoms with Crippen LogP contribution in [0.25, 0.3) is 11.0 Å². The summed E-state index contributed by atoms with van der Waals surface area (Å²) in [6, 6.07) is 12.1. The summed E-state index contributed by atoms with van der Waals surface area (Å²) in [7, 11) is 2.98. The van der Waals surface area contributed by atoms with Crippen molar-refractivity contribution in [2.45, 2.75) is 6.92 Å². The number of hydrogen-bond acceptors (Lipinski definition) is 7. The van der Waals surface area contributed by atoms with Crippen molar-refractivity contribution in [1.29, 1.82) is 0 Å². The minimum atomic E-state index is -0.481. The molecule has 0 bridgehead atoms. The molecule has 2 N–H and O–H groups in total. The number of ether oxygens (including phenoxy) is 2. The van der Waals surface area contributed by atoms with Crippen LogP contribution in [0.15, 0.2) is 52.1 Å². The van der Waals surface area contributed by atoms with E-state index in [4.69, 9.17) is 14.0 Å². The van der Waals surface area contributed by atoms with E-state index in [2.05, 4.69) is 21.0 Å². The van der Waals surface area contributed by atoms with Gasteiger partial charge in [-0.05, 0) is 37.3 Å². The van der Waals surface area contributed by atoms with Crippen molar-refractivity contribution in [3.05, 3.63) is 53.7 Å². The van der Waals surface area contributed by atoms with E-state index in [0.717, 1.165) is 5.39 Å². The first-order valence-corrected chi connectivity index (χ1v) is 8.71. The number of methoxy groups -OCH3 is 2. The lowest BCUT2D eigenvalue weighted by atomic mass is 10.2. The maximum atomic E-state index is 12.2. The van der Waals surface area contributed by atoms with Gasteiger partial charge in [0.1, 0.15) is 5.69 Å². The lowest BCUT2D eigenvalue weighted by molar-refractivity contribution is -0.120. The van der Waals surface area contributed by atoms with Crippen LogP contribution in [0.1, 0.15) is 23.0 Å². The van der Waals surface area contributed by atoms with Gasteiger partial charge in [0, 0.05) is 5.56 Å². The molecule has 2 amide bonds. The van der Waals surface area contributed by atoms with Crippen LogP contribution < -0.4 is 20.2 Å². The molecule has 0 unspecified atom stereocenters. The summed E-state index contributed by atoms with van der Waals surface area (Å²) >= 11 is 0.